The van der Waals surface area contributed by atoms with Gasteiger partial charge in [-0.05, 0) is 31.7 Å². The van der Waals surface area contributed by atoms with Crippen LogP contribution in [-0.2, 0) is 0 Å². The van der Waals surface area contributed by atoms with E-state index in [1.54, 1.807) is 0 Å². The first-order chi connectivity index (χ1) is 15.4. The topological polar surface area (TPSA) is 12.0 Å². The van der Waals surface area contributed by atoms with Crippen LogP contribution in [0.2, 0.25) is 0 Å². The van der Waals surface area contributed by atoms with Crippen molar-refractivity contribution < 1.29 is 0 Å². The maximum absolute atomic E-state index is 4.05. The van der Waals surface area contributed by atoms with Crippen LogP contribution in [-0.4, -0.2) is 12.6 Å². The minimum Gasteiger partial charge on any atom is -0.314 e. The molecule has 0 spiro atoms. The third kappa shape index (κ3) is 16.3. The fourth-order valence-corrected chi connectivity index (χ4v) is 6.10. The summed E-state index contributed by atoms with van der Waals surface area (Å²) >= 11 is 0. The molecular formula is C30H59N. The lowest BCUT2D eigenvalue weighted by Crippen LogP contribution is -2.31. The summed E-state index contributed by atoms with van der Waals surface area (Å²) < 4.78 is 0. The van der Waals surface area contributed by atoms with Gasteiger partial charge in [0.05, 0.1) is 0 Å². The first-order valence-corrected chi connectivity index (χ1v) is 15.2. The second-order valence-electron chi connectivity index (χ2n) is 11.2. The van der Waals surface area contributed by atoms with Crippen molar-refractivity contribution in [2.75, 3.05) is 6.54 Å². The highest BCUT2D eigenvalue weighted by Crippen LogP contribution is 2.23. The Morgan fingerprint density at radius 2 is 0.645 bits per heavy atom. The van der Waals surface area contributed by atoms with Crippen molar-refractivity contribution >= 4 is 0 Å². The fraction of sp³-hybridized carbons (Fsp3) is 1.00. The number of rotatable bonds is 4. The van der Waals surface area contributed by atoms with Crippen molar-refractivity contribution in [1.29, 1.82) is 0 Å². The van der Waals surface area contributed by atoms with E-state index < -0.39 is 0 Å². The molecule has 1 heteroatoms. The molecule has 2 fully saturated rings. The number of hydrogen-bond donors (Lipinski definition) is 1. The molecule has 0 heterocycles. The van der Waals surface area contributed by atoms with Gasteiger partial charge in [-0.25, -0.2) is 0 Å². The van der Waals surface area contributed by atoms with Gasteiger partial charge in [0.2, 0.25) is 0 Å². The van der Waals surface area contributed by atoms with Gasteiger partial charge in [0, 0.05) is 6.04 Å². The minimum absolute atomic E-state index is 0.808. The molecule has 2 rings (SSSR count). The second kappa shape index (κ2) is 20.6. The van der Waals surface area contributed by atoms with E-state index in [0.29, 0.717) is 0 Å². The van der Waals surface area contributed by atoms with Gasteiger partial charge in [0.1, 0.15) is 0 Å². The molecule has 184 valence electrons. The Balaban J connectivity index is 1.67. The first-order valence-electron chi connectivity index (χ1n) is 15.2. The molecule has 1 nitrogen and oxygen atoms in total. The average molecular weight is 434 g/mol. The van der Waals surface area contributed by atoms with Crippen LogP contribution in [0.3, 0.4) is 0 Å². The Bertz CT molecular complexity index is 335. The van der Waals surface area contributed by atoms with Crippen LogP contribution in [0, 0.1) is 5.92 Å². The van der Waals surface area contributed by atoms with Gasteiger partial charge < -0.3 is 5.32 Å². The number of hydrogen-bond acceptors (Lipinski definition) is 1. The molecule has 0 saturated heterocycles. The Morgan fingerprint density at radius 1 is 0.355 bits per heavy atom. The third-order valence-electron chi connectivity index (χ3n) is 8.32. The van der Waals surface area contributed by atoms with Gasteiger partial charge in [-0.2, -0.15) is 0 Å². The van der Waals surface area contributed by atoms with Crippen LogP contribution in [0.5, 0.6) is 0 Å². The van der Waals surface area contributed by atoms with Crippen LogP contribution < -0.4 is 5.32 Å². The van der Waals surface area contributed by atoms with Crippen molar-refractivity contribution in [3.8, 4) is 0 Å². The molecule has 0 unspecified atom stereocenters. The van der Waals surface area contributed by atoms with Gasteiger partial charge in [-0.3, -0.25) is 0 Å². The molecule has 0 aromatic rings. The first kappa shape index (κ1) is 27.2. The van der Waals surface area contributed by atoms with E-state index in [-0.39, 0.29) is 0 Å². The highest BCUT2D eigenvalue weighted by molar-refractivity contribution is 4.70. The van der Waals surface area contributed by atoms with E-state index >= 15 is 0 Å². The smallest absolute Gasteiger partial charge is 0.00670 e. The molecule has 31 heavy (non-hydrogen) atoms. The largest absolute Gasteiger partial charge is 0.314 e. The third-order valence-corrected chi connectivity index (χ3v) is 8.32. The zero-order valence-electron chi connectivity index (χ0n) is 21.5. The summed E-state index contributed by atoms with van der Waals surface area (Å²) in [6.45, 7) is 1.29. The molecule has 0 amide bonds. The van der Waals surface area contributed by atoms with E-state index in [9.17, 15) is 0 Å². The molecular weight excluding hydrogens is 374 g/mol. The van der Waals surface area contributed by atoms with Crippen molar-refractivity contribution in [3.63, 3.8) is 0 Å². The van der Waals surface area contributed by atoms with E-state index in [2.05, 4.69) is 5.32 Å². The Morgan fingerprint density at radius 3 is 1.00 bits per heavy atom. The summed E-state index contributed by atoms with van der Waals surface area (Å²) in [6.07, 6.45) is 40.0. The summed E-state index contributed by atoms with van der Waals surface area (Å²) in [4.78, 5) is 0. The summed E-state index contributed by atoms with van der Waals surface area (Å²) in [5.74, 6) is 0.993. The maximum atomic E-state index is 4.05. The monoisotopic (exact) mass is 433 g/mol. The van der Waals surface area contributed by atoms with Crippen LogP contribution >= 0.6 is 0 Å². The molecule has 1 N–H and O–H groups in total. The molecule has 2 saturated carbocycles. The minimum atomic E-state index is 0.808. The summed E-state index contributed by atoms with van der Waals surface area (Å²) in [5, 5.41) is 4.05. The Kier molecular flexibility index (Phi) is 18.0. The molecule has 0 aromatic heterocycles. The van der Waals surface area contributed by atoms with Gasteiger partial charge in [-0.1, -0.05) is 154 Å². The van der Waals surface area contributed by atoms with E-state index in [4.69, 9.17) is 0 Å². The number of nitrogens with one attached hydrogen (secondary N) is 1. The normalized spacial score (nSPS) is 24.8. The van der Waals surface area contributed by atoms with E-state index in [1.165, 1.54) is 180 Å². The van der Waals surface area contributed by atoms with Crippen molar-refractivity contribution in [2.24, 2.45) is 5.92 Å². The molecule has 2 aliphatic carbocycles. The standard InChI is InChI=1S/C30H59N/c1-2-4-8-12-16-20-24-29(23-19-15-11-7-3-1)27-28-31-30-25-21-17-13-9-5-6-10-14-18-22-26-30/h29-31H,1-28H2. The van der Waals surface area contributed by atoms with Crippen LogP contribution in [0.15, 0.2) is 0 Å². The maximum Gasteiger partial charge on any atom is 0.00670 e. The van der Waals surface area contributed by atoms with Crippen LogP contribution in [0.4, 0.5) is 0 Å². The highest BCUT2D eigenvalue weighted by atomic mass is 14.9. The average Bonchev–Trinajstić information content (AvgIpc) is 2.79. The Labute approximate surface area is 197 Å². The predicted molar refractivity (Wildman–Crippen MR) is 140 cm³/mol. The second-order valence-corrected chi connectivity index (χ2v) is 11.2. The molecule has 0 aromatic carbocycles. The lowest BCUT2D eigenvalue weighted by molar-refractivity contribution is 0.349. The lowest BCUT2D eigenvalue weighted by atomic mass is 9.91. The summed E-state index contributed by atoms with van der Waals surface area (Å²) in [6, 6.07) is 0.808. The zero-order valence-corrected chi connectivity index (χ0v) is 21.5. The van der Waals surface area contributed by atoms with Gasteiger partial charge in [-0.15, -0.1) is 0 Å². The lowest BCUT2D eigenvalue weighted by Gasteiger charge is -2.22. The van der Waals surface area contributed by atoms with Gasteiger partial charge in [0.15, 0.2) is 0 Å². The van der Waals surface area contributed by atoms with Crippen molar-refractivity contribution in [1.82, 2.24) is 5.32 Å². The molecule has 0 bridgehead atoms. The van der Waals surface area contributed by atoms with Gasteiger partial charge in [0.25, 0.3) is 0 Å². The Hall–Kier alpha value is -0.0400. The molecule has 0 aliphatic heterocycles. The molecule has 0 radical (unpaired) electrons. The summed E-state index contributed by atoms with van der Waals surface area (Å²) in [5.41, 5.74) is 0. The summed E-state index contributed by atoms with van der Waals surface area (Å²) in [7, 11) is 0. The van der Waals surface area contributed by atoms with Crippen molar-refractivity contribution in [3.05, 3.63) is 0 Å². The van der Waals surface area contributed by atoms with Crippen molar-refractivity contribution in [2.45, 2.75) is 179 Å². The SMILES string of the molecule is C1CCCCCCCC(CCNC2CCCCCCCCCCCC2)CCCCCC1. The van der Waals surface area contributed by atoms with Gasteiger partial charge >= 0.3 is 0 Å². The van der Waals surface area contributed by atoms with Crippen LogP contribution in [0.25, 0.3) is 0 Å². The predicted octanol–water partition coefficient (Wildman–Crippen LogP) is 10.1. The van der Waals surface area contributed by atoms with E-state index in [1.807, 2.05) is 0 Å². The quantitative estimate of drug-likeness (QED) is 0.465. The molecule has 2 aliphatic rings. The zero-order chi connectivity index (χ0) is 21.7. The van der Waals surface area contributed by atoms with E-state index in [0.717, 1.165) is 12.0 Å². The van der Waals surface area contributed by atoms with Crippen LogP contribution in [0.1, 0.15) is 173 Å². The fourth-order valence-electron chi connectivity index (χ4n) is 6.10. The molecule has 0 atom stereocenters. The highest BCUT2D eigenvalue weighted by Gasteiger charge is 2.12.